The SMILES string of the molecule is CC(C)CN(Cc1ccc(C(C)C(=O)O)cc1)C(C)C. The Balaban J connectivity index is 2.75. The Morgan fingerprint density at radius 1 is 1.10 bits per heavy atom. The van der Waals surface area contributed by atoms with E-state index < -0.39 is 11.9 Å². The topological polar surface area (TPSA) is 40.5 Å². The lowest BCUT2D eigenvalue weighted by atomic mass is 10.00. The minimum Gasteiger partial charge on any atom is -0.481 e. The first-order valence-electron chi connectivity index (χ1n) is 7.37. The van der Waals surface area contributed by atoms with Gasteiger partial charge in [-0.1, -0.05) is 38.1 Å². The molecule has 0 aliphatic rings. The second-order valence-electron chi connectivity index (χ2n) is 6.22. The summed E-state index contributed by atoms with van der Waals surface area (Å²) in [6.45, 7) is 12.6. The number of carboxylic acids is 1. The summed E-state index contributed by atoms with van der Waals surface area (Å²) in [6, 6.07) is 8.47. The van der Waals surface area contributed by atoms with Gasteiger partial charge in [0.15, 0.2) is 0 Å². The molecule has 3 heteroatoms. The molecular weight excluding hydrogens is 250 g/mol. The number of carboxylic acid groups (broad SMARTS) is 1. The summed E-state index contributed by atoms with van der Waals surface area (Å²) in [6.07, 6.45) is 0. The first kappa shape index (κ1) is 16.7. The monoisotopic (exact) mass is 277 g/mol. The highest BCUT2D eigenvalue weighted by atomic mass is 16.4. The van der Waals surface area contributed by atoms with Crippen LogP contribution in [-0.2, 0) is 11.3 Å². The summed E-state index contributed by atoms with van der Waals surface area (Å²) in [5.74, 6) is -0.578. The van der Waals surface area contributed by atoms with Gasteiger partial charge in [-0.2, -0.15) is 0 Å². The van der Waals surface area contributed by atoms with Crippen molar-refractivity contribution in [3.8, 4) is 0 Å². The Morgan fingerprint density at radius 2 is 1.65 bits per heavy atom. The Kier molecular flexibility index (Phi) is 6.21. The van der Waals surface area contributed by atoms with Crippen molar-refractivity contribution in [2.45, 2.75) is 53.1 Å². The first-order chi connectivity index (χ1) is 9.31. The number of rotatable bonds is 7. The van der Waals surface area contributed by atoms with Crippen LogP contribution in [0.4, 0.5) is 0 Å². The van der Waals surface area contributed by atoms with Gasteiger partial charge < -0.3 is 5.11 Å². The zero-order valence-electron chi connectivity index (χ0n) is 13.3. The third-order valence-electron chi connectivity index (χ3n) is 3.57. The smallest absolute Gasteiger partial charge is 0.310 e. The van der Waals surface area contributed by atoms with Crippen molar-refractivity contribution in [2.75, 3.05) is 6.54 Å². The average Bonchev–Trinajstić information content (AvgIpc) is 2.37. The van der Waals surface area contributed by atoms with Gasteiger partial charge in [0.1, 0.15) is 0 Å². The number of hydrogen-bond donors (Lipinski definition) is 1. The van der Waals surface area contributed by atoms with Crippen LogP contribution in [0.15, 0.2) is 24.3 Å². The molecule has 20 heavy (non-hydrogen) atoms. The highest BCUT2D eigenvalue weighted by Gasteiger charge is 2.15. The summed E-state index contributed by atoms with van der Waals surface area (Å²) in [7, 11) is 0. The normalized spacial score (nSPS) is 13.2. The van der Waals surface area contributed by atoms with E-state index in [0.29, 0.717) is 12.0 Å². The molecule has 0 aliphatic carbocycles. The van der Waals surface area contributed by atoms with Crippen molar-refractivity contribution >= 4 is 5.97 Å². The van der Waals surface area contributed by atoms with Crippen LogP contribution in [0.2, 0.25) is 0 Å². The Bertz CT molecular complexity index is 423. The van der Waals surface area contributed by atoms with Crippen LogP contribution in [0.1, 0.15) is 51.7 Å². The van der Waals surface area contributed by atoms with E-state index >= 15 is 0 Å². The lowest BCUT2D eigenvalue weighted by molar-refractivity contribution is -0.138. The second kappa shape index (κ2) is 7.44. The highest BCUT2D eigenvalue weighted by Crippen LogP contribution is 2.18. The van der Waals surface area contributed by atoms with Crippen molar-refractivity contribution < 1.29 is 9.90 Å². The number of benzene rings is 1. The van der Waals surface area contributed by atoms with Crippen molar-refractivity contribution in [3.05, 3.63) is 35.4 Å². The van der Waals surface area contributed by atoms with Gasteiger partial charge in [0.05, 0.1) is 5.92 Å². The summed E-state index contributed by atoms with van der Waals surface area (Å²) in [5.41, 5.74) is 2.10. The number of aliphatic carboxylic acids is 1. The number of nitrogens with zero attached hydrogens (tertiary/aromatic N) is 1. The van der Waals surface area contributed by atoms with Gasteiger partial charge in [0.25, 0.3) is 0 Å². The predicted molar refractivity (Wildman–Crippen MR) is 82.9 cm³/mol. The molecule has 1 aromatic rings. The molecule has 0 bridgehead atoms. The molecule has 0 heterocycles. The second-order valence-corrected chi connectivity index (χ2v) is 6.22. The maximum Gasteiger partial charge on any atom is 0.310 e. The highest BCUT2D eigenvalue weighted by molar-refractivity contribution is 5.75. The minimum atomic E-state index is -0.777. The van der Waals surface area contributed by atoms with E-state index in [2.05, 4.69) is 32.6 Å². The molecule has 0 aliphatic heterocycles. The molecule has 0 fully saturated rings. The van der Waals surface area contributed by atoms with E-state index in [0.717, 1.165) is 18.7 Å². The molecule has 112 valence electrons. The maximum atomic E-state index is 11.0. The maximum absolute atomic E-state index is 11.0. The standard InChI is InChI=1S/C17H27NO2/c1-12(2)10-18(13(3)4)11-15-6-8-16(9-7-15)14(5)17(19)20/h6-9,12-14H,10-11H2,1-5H3,(H,19,20). The van der Waals surface area contributed by atoms with Gasteiger partial charge >= 0.3 is 5.97 Å². The summed E-state index contributed by atoms with van der Waals surface area (Å²) in [4.78, 5) is 13.4. The zero-order valence-corrected chi connectivity index (χ0v) is 13.3. The summed E-state index contributed by atoms with van der Waals surface area (Å²) < 4.78 is 0. The molecule has 0 amide bonds. The van der Waals surface area contributed by atoms with E-state index in [1.54, 1.807) is 6.92 Å². The van der Waals surface area contributed by atoms with Crippen LogP contribution < -0.4 is 0 Å². The average molecular weight is 277 g/mol. The summed E-state index contributed by atoms with van der Waals surface area (Å²) >= 11 is 0. The van der Waals surface area contributed by atoms with E-state index in [1.165, 1.54) is 5.56 Å². The van der Waals surface area contributed by atoms with Crippen molar-refractivity contribution in [1.82, 2.24) is 4.90 Å². The third kappa shape index (κ3) is 4.97. The molecule has 0 saturated carbocycles. The van der Waals surface area contributed by atoms with Crippen molar-refractivity contribution in [1.29, 1.82) is 0 Å². The molecule has 0 aromatic heterocycles. The van der Waals surface area contributed by atoms with Gasteiger partial charge in [0, 0.05) is 19.1 Å². The van der Waals surface area contributed by atoms with Gasteiger partial charge in [0.2, 0.25) is 0 Å². The number of hydrogen-bond acceptors (Lipinski definition) is 2. The third-order valence-corrected chi connectivity index (χ3v) is 3.57. The molecule has 0 saturated heterocycles. The molecule has 0 radical (unpaired) electrons. The molecule has 1 aromatic carbocycles. The number of carbonyl (C=O) groups is 1. The van der Waals surface area contributed by atoms with Crippen LogP contribution in [0, 0.1) is 5.92 Å². The fourth-order valence-electron chi connectivity index (χ4n) is 2.22. The minimum absolute atomic E-state index is 0.444. The van der Waals surface area contributed by atoms with E-state index in [4.69, 9.17) is 5.11 Å². The van der Waals surface area contributed by atoms with Crippen LogP contribution >= 0.6 is 0 Å². The molecule has 1 N–H and O–H groups in total. The van der Waals surface area contributed by atoms with Crippen molar-refractivity contribution in [2.24, 2.45) is 5.92 Å². The van der Waals surface area contributed by atoms with Crippen LogP contribution in [-0.4, -0.2) is 28.6 Å². The molecule has 3 nitrogen and oxygen atoms in total. The van der Waals surface area contributed by atoms with E-state index in [1.807, 2.05) is 24.3 Å². The Morgan fingerprint density at radius 3 is 2.05 bits per heavy atom. The van der Waals surface area contributed by atoms with Crippen LogP contribution in [0.5, 0.6) is 0 Å². The van der Waals surface area contributed by atoms with E-state index in [9.17, 15) is 4.79 Å². The van der Waals surface area contributed by atoms with Crippen LogP contribution in [0.25, 0.3) is 0 Å². The first-order valence-corrected chi connectivity index (χ1v) is 7.37. The van der Waals surface area contributed by atoms with Crippen LogP contribution in [0.3, 0.4) is 0 Å². The van der Waals surface area contributed by atoms with Gasteiger partial charge in [-0.25, -0.2) is 0 Å². The molecule has 1 atom stereocenters. The van der Waals surface area contributed by atoms with Gasteiger partial charge in [-0.15, -0.1) is 0 Å². The Labute approximate surface area is 122 Å². The molecular formula is C17H27NO2. The molecule has 1 rings (SSSR count). The predicted octanol–water partition coefficient (Wildman–Crippen LogP) is 3.74. The van der Waals surface area contributed by atoms with E-state index in [-0.39, 0.29) is 0 Å². The van der Waals surface area contributed by atoms with Crippen molar-refractivity contribution in [3.63, 3.8) is 0 Å². The summed E-state index contributed by atoms with van der Waals surface area (Å²) in [5, 5.41) is 9.01. The largest absolute Gasteiger partial charge is 0.481 e. The van der Waals surface area contributed by atoms with Gasteiger partial charge in [-0.05, 0) is 37.8 Å². The fourth-order valence-corrected chi connectivity index (χ4v) is 2.22. The fraction of sp³-hybridized carbons (Fsp3) is 0.588. The van der Waals surface area contributed by atoms with Gasteiger partial charge in [-0.3, -0.25) is 9.69 Å². The molecule has 1 unspecified atom stereocenters. The lowest BCUT2D eigenvalue weighted by Gasteiger charge is -2.28. The molecule has 0 spiro atoms. The quantitative estimate of drug-likeness (QED) is 0.825. The Hall–Kier alpha value is -1.35. The lowest BCUT2D eigenvalue weighted by Crippen LogP contribution is -2.33. The zero-order chi connectivity index (χ0) is 15.3.